The molecule has 0 spiro atoms. The number of aromatic nitrogens is 6. The van der Waals surface area contributed by atoms with Crippen LogP contribution < -0.4 is 5.73 Å². The van der Waals surface area contributed by atoms with Gasteiger partial charge in [-0.05, 0) is 68.4 Å². The van der Waals surface area contributed by atoms with Gasteiger partial charge < -0.3 is 10.7 Å². The molecule has 4 aromatic heterocycles. The Morgan fingerprint density at radius 2 is 1.68 bits per heavy atom. The van der Waals surface area contributed by atoms with Crippen molar-refractivity contribution >= 4 is 43.6 Å². The molecule has 0 fully saturated rings. The van der Waals surface area contributed by atoms with E-state index in [1.54, 1.807) is 36.4 Å². The number of nitrogens with two attached hydrogens (primary N) is 1. The molecule has 7 rings (SSSR count). The molecule has 0 atom stereocenters. The number of halogens is 3. The standard InChI is InChI=1S/C33H24F3N7O3S/c1-18-3-9-24(10-4-18)47(45,46)43-29-13-20(26-11-7-22(16-38-26)33(34,35)36)5-6-21(29)14-30(43)31(44)25-17-39-42(32(25)37)23-8-12-27-28(15-23)41-19(2)40-27/h3-17H,37H2,1-2H3,(H,40,41). The summed E-state index contributed by atoms with van der Waals surface area (Å²) in [6.45, 7) is 3.64. The number of H-pyrrole nitrogens is 1. The highest BCUT2D eigenvalue weighted by Crippen LogP contribution is 2.34. The Morgan fingerprint density at radius 3 is 2.38 bits per heavy atom. The maximum absolute atomic E-state index is 14.2. The lowest BCUT2D eigenvalue weighted by molar-refractivity contribution is -0.137. The zero-order valence-electron chi connectivity index (χ0n) is 24.7. The summed E-state index contributed by atoms with van der Waals surface area (Å²) in [5.41, 5.74) is 8.81. The SMILES string of the molecule is Cc1ccc(S(=O)(=O)n2c(C(=O)c3cnn(-c4ccc5[nH]c(C)nc5c4)c3N)cc3ccc(-c4ccc(C(F)(F)F)cn4)cc32)cc1. The Labute approximate surface area is 265 Å². The molecule has 0 amide bonds. The first-order valence-corrected chi connectivity index (χ1v) is 15.6. The number of rotatable bonds is 6. The van der Waals surface area contributed by atoms with Gasteiger partial charge in [0.05, 0.1) is 50.2 Å². The molecule has 0 saturated heterocycles. The lowest BCUT2D eigenvalue weighted by Gasteiger charge is -2.13. The number of benzene rings is 3. The van der Waals surface area contributed by atoms with E-state index in [9.17, 15) is 26.4 Å². The number of nitrogen functional groups attached to an aromatic ring is 1. The van der Waals surface area contributed by atoms with Crippen LogP contribution in [0.1, 0.15) is 33.0 Å². The predicted octanol–water partition coefficient (Wildman–Crippen LogP) is 6.45. The molecule has 236 valence electrons. The van der Waals surface area contributed by atoms with E-state index < -0.39 is 27.5 Å². The van der Waals surface area contributed by atoms with Crippen molar-refractivity contribution in [1.82, 2.24) is 28.7 Å². The van der Waals surface area contributed by atoms with Gasteiger partial charge >= 0.3 is 6.18 Å². The van der Waals surface area contributed by atoms with Gasteiger partial charge in [-0.25, -0.2) is 22.1 Å². The van der Waals surface area contributed by atoms with E-state index in [1.807, 2.05) is 19.9 Å². The number of ketones is 1. The van der Waals surface area contributed by atoms with Gasteiger partial charge in [0.25, 0.3) is 10.0 Å². The van der Waals surface area contributed by atoms with Crippen LogP contribution >= 0.6 is 0 Å². The molecule has 7 aromatic rings. The molecule has 0 bridgehead atoms. The van der Waals surface area contributed by atoms with E-state index in [4.69, 9.17) is 5.73 Å². The van der Waals surface area contributed by atoms with Crippen molar-refractivity contribution in [2.45, 2.75) is 24.9 Å². The number of carbonyl (C=O) groups is 1. The fraction of sp³-hybridized carbons (Fsp3) is 0.0909. The highest BCUT2D eigenvalue weighted by Gasteiger charge is 2.32. The first kappa shape index (κ1) is 29.9. The summed E-state index contributed by atoms with van der Waals surface area (Å²) in [6, 6.07) is 19.6. The fourth-order valence-corrected chi connectivity index (χ4v) is 6.93. The zero-order valence-corrected chi connectivity index (χ0v) is 25.6. The van der Waals surface area contributed by atoms with Gasteiger partial charge in [0.2, 0.25) is 5.78 Å². The Morgan fingerprint density at radius 1 is 0.915 bits per heavy atom. The minimum Gasteiger partial charge on any atom is -0.383 e. The topological polar surface area (TPSA) is 142 Å². The molecule has 0 saturated carbocycles. The van der Waals surface area contributed by atoms with Gasteiger partial charge in [0, 0.05) is 17.1 Å². The number of pyridine rings is 1. The number of anilines is 1. The largest absolute Gasteiger partial charge is 0.417 e. The molecule has 0 aliphatic rings. The van der Waals surface area contributed by atoms with Gasteiger partial charge in [-0.3, -0.25) is 9.78 Å². The van der Waals surface area contributed by atoms with Crippen molar-refractivity contribution in [3.8, 4) is 16.9 Å². The lowest BCUT2D eigenvalue weighted by atomic mass is 10.1. The van der Waals surface area contributed by atoms with E-state index in [2.05, 4.69) is 20.1 Å². The molecule has 47 heavy (non-hydrogen) atoms. The van der Waals surface area contributed by atoms with Crippen molar-refractivity contribution in [2.75, 3.05) is 5.73 Å². The van der Waals surface area contributed by atoms with Crippen LogP contribution in [0.3, 0.4) is 0 Å². The smallest absolute Gasteiger partial charge is 0.383 e. The van der Waals surface area contributed by atoms with Crippen LogP contribution in [0.4, 0.5) is 19.0 Å². The maximum atomic E-state index is 14.2. The van der Waals surface area contributed by atoms with Gasteiger partial charge in [0.15, 0.2) is 0 Å². The van der Waals surface area contributed by atoms with Crippen LogP contribution in [0.25, 0.3) is 38.9 Å². The molecular weight excluding hydrogens is 631 g/mol. The molecule has 10 nitrogen and oxygen atoms in total. The number of fused-ring (bicyclic) bond motifs is 2. The van der Waals surface area contributed by atoms with E-state index in [1.165, 1.54) is 41.2 Å². The quantitative estimate of drug-likeness (QED) is 0.196. The normalized spacial score (nSPS) is 12.3. The van der Waals surface area contributed by atoms with E-state index in [0.29, 0.717) is 28.4 Å². The molecule has 0 aliphatic heterocycles. The van der Waals surface area contributed by atoms with E-state index in [-0.39, 0.29) is 33.2 Å². The monoisotopic (exact) mass is 655 g/mol. The summed E-state index contributed by atoms with van der Waals surface area (Å²) in [6.07, 6.45) is -2.58. The Hall–Kier alpha value is -5.76. The maximum Gasteiger partial charge on any atom is 0.417 e. The van der Waals surface area contributed by atoms with Gasteiger partial charge in [-0.2, -0.15) is 18.3 Å². The Balaban J connectivity index is 1.38. The first-order chi connectivity index (χ1) is 22.3. The van der Waals surface area contributed by atoms with Crippen LogP contribution in [-0.4, -0.2) is 42.9 Å². The Kier molecular flexibility index (Phi) is 6.79. The third-order valence-corrected chi connectivity index (χ3v) is 9.56. The van der Waals surface area contributed by atoms with E-state index in [0.717, 1.165) is 26.9 Å². The predicted molar refractivity (Wildman–Crippen MR) is 170 cm³/mol. The number of nitrogens with one attached hydrogen (secondary N) is 1. The number of aromatic amines is 1. The van der Waals surface area contributed by atoms with Crippen molar-refractivity contribution in [3.05, 3.63) is 119 Å². The van der Waals surface area contributed by atoms with Gasteiger partial charge in [-0.1, -0.05) is 29.8 Å². The van der Waals surface area contributed by atoms with Crippen LogP contribution in [0.15, 0.2) is 96.2 Å². The second-order valence-electron chi connectivity index (χ2n) is 11.0. The summed E-state index contributed by atoms with van der Waals surface area (Å²) in [5, 5.41) is 4.72. The third kappa shape index (κ3) is 5.12. The van der Waals surface area contributed by atoms with Crippen molar-refractivity contribution < 1.29 is 26.4 Å². The minimum atomic E-state index is -4.57. The highest BCUT2D eigenvalue weighted by atomic mass is 32.2. The van der Waals surface area contributed by atoms with Crippen molar-refractivity contribution in [2.24, 2.45) is 0 Å². The number of aryl methyl sites for hydroxylation is 2. The number of carbonyl (C=O) groups excluding carboxylic acids is 1. The molecule has 4 heterocycles. The van der Waals surface area contributed by atoms with Crippen LogP contribution in [-0.2, 0) is 16.2 Å². The minimum absolute atomic E-state index is 0.0132. The average Bonchev–Trinajstić information content (AvgIpc) is 3.73. The highest BCUT2D eigenvalue weighted by molar-refractivity contribution is 7.90. The van der Waals surface area contributed by atoms with Gasteiger partial charge in [-0.15, -0.1) is 0 Å². The number of hydrogen-bond acceptors (Lipinski definition) is 7. The average molecular weight is 656 g/mol. The van der Waals surface area contributed by atoms with Crippen LogP contribution in [0, 0.1) is 13.8 Å². The first-order valence-electron chi connectivity index (χ1n) is 14.2. The third-order valence-electron chi connectivity index (χ3n) is 7.82. The van der Waals surface area contributed by atoms with Crippen molar-refractivity contribution in [3.63, 3.8) is 0 Å². The number of nitrogens with zero attached hydrogens (tertiary/aromatic N) is 5. The van der Waals surface area contributed by atoms with E-state index >= 15 is 0 Å². The van der Waals surface area contributed by atoms with Crippen molar-refractivity contribution in [1.29, 1.82) is 0 Å². The van der Waals surface area contributed by atoms with Gasteiger partial charge in [0.1, 0.15) is 17.3 Å². The second kappa shape index (κ2) is 10.7. The molecule has 0 aliphatic carbocycles. The molecule has 3 N–H and O–H groups in total. The molecule has 3 aromatic carbocycles. The number of alkyl halides is 3. The second-order valence-corrected chi connectivity index (χ2v) is 12.8. The fourth-order valence-electron chi connectivity index (χ4n) is 5.43. The zero-order chi connectivity index (χ0) is 33.2. The summed E-state index contributed by atoms with van der Waals surface area (Å²) in [5.74, 6) is 0.00801. The lowest BCUT2D eigenvalue weighted by Crippen LogP contribution is -2.19. The molecule has 0 radical (unpaired) electrons. The molecular formula is C33H24F3N7O3S. The van der Waals surface area contributed by atoms with Crippen LogP contribution in [0.2, 0.25) is 0 Å². The molecule has 14 heteroatoms. The summed E-state index contributed by atoms with van der Waals surface area (Å²) >= 11 is 0. The summed E-state index contributed by atoms with van der Waals surface area (Å²) in [7, 11) is -4.38. The summed E-state index contributed by atoms with van der Waals surface area (Å²) < 4.78 is 70.2. The summed E-state index contributed by atoms with van der Waals surface area (Å²) in [4.78, 5) is 25.6. The number of imidazole rings is 1. The molecule has 0 unspecified atom stereocenters. The Bertz CT molecular complexity index is 2460. The van der Waals surface area contributed by atoms with Crippen LogP contribution in [0.5, 0.6) is 0 Å². The number of hydrogen-bond donors (Lipinski definition) is 2.